The van der Waals surface area contributed by atoms with Gasteiger partial charge < -0.3 is 29.7 Å². The number of carbonyl (C=O) groups is 5. The molecule has 404 valence electrons. The van der Waals surface area contributed by atoms with E-state index in [1.807, 2.05) is 40.1 Å². The molecule has 2 atom stereocenters. The molecule has 3 aromatic carbocycles. The molecule has 16 nitrogen and oxygen atoms in total. The summed E-state index contributed by atoms with van der Waals surface area (Å²) in [5.41, 5.74) is 2.91. The van der Waals surface area contributed by atoms with Crippen LogP contribution in [0.25, 0.3) is 10.8 Å². The summed E-state index contributed by atoms with van der Waals surface area (Å²) in [5.74, 6) is -0.00217. The molecule has 76 heavy (non-hydrogen) atoms. The summed E-state index contributed by atoms with van der Waals surface area (Å²) in [4.78, 5) is 93.6. The molecule has 1 aromatic heterocycles. The zero-order chi connectivity index (χ0) is 52.3. The minimum atomic E-state index is -0.605. The largest absolute Gasteiger partial charge is 0.380 e. The molecule has 1 unspecified atom stereocenters. The lowest BCUT2D eigenvalue weighted by Crippen LogP contribution is -2.57. The van der Waals surface area contributed by atoms with Crippen LogP contribution in [0.3, 0.4) is 0 Å². The van der Waals surface area contributed by atoms with Crippen LogP contribution in [0.2, 0.25) is 0 Å². The summed E-state index contributed by atoms with van der Waals surface area (Å²) in [6, 6.07) is 19.0. The number of nitrogens with zero attached hydrogens (tertiary/aromatic N) is 7. The number of benzene rings is 3. The Hall–Kier alpha value is -6.04. The topological polar surface area (TPSA) is 172 Å². The fourth-order valence-corrected chi connectivity index (χ4v) is 13.5. The maximum absolute atomic E-state index is 15.1. The van der Waals surface area contributed by atoms with Gasteiger partial charge in [0.2, 0.25) is 17.7 Å². The van der Waals surface area contributed by atoms with E-state index in [0.717, 1.165) is 129 Å². The number of piperidine rings is 2. The monoisotopic (exact) mass is 1040 g/mol. The SMILES string of the molecule is O=C(N[C@@H](C(=O)N1CCN(CC2CCN(CC(=O)N3CCN(C(=O)c4cc(Cc5n[nH]c(=O)c6ccccc56)ccc4F)CC3)CC2)CC1)C1CCCCC1)c1cccc(C2CCCN(C(=O)C3CC4(COC4)C3)C2)c1. The highest BCUT2D eigenvalue weighted by Gasteiger charge is 2.53. The molecular weight excluding hydrogens is 966 g/mol. The van der Waals surface area contributed by atoms with Crippen molar-refractivity contribution < 1.29 is 33.1 Å². The molecule has 4 aromatic rings. The predicted molar refractivity (Wildman–Crippen MR) is 285 cm³/mol. The van der Waals surface area contributed by atoms with Crippen molar-refractivity contribution in [2.75, 3.05) is 105 Å². The van der Waals surface area contributed by atoms with Crippen LogP contribution in [-0.2, 0) is 25.5 Å². The third-order valence-corrected chi connectivity index (χ3v) is 18.1. The molecule has 5 amide bonds. The molecule has 5 aliphatic heterocycles. The van der Waals surface area contributed by atoms with Crippen molar-refractivity contribution in [2.45, 2.75) is 89.0 Å². The molecule has 1 spiro atoms. The third kappa shape index (κ3) is 11.5. The summed E-state index contributed by atoms with van der Waals surface area (Å²) in [7, 11) is 0. The van der Waals surface area contributed by atoms with Gasteiger partial charge in [0.25, 0.3) is 17.4 Å². The van der Waals surface area contributed by atoms with E-state index >= 15 is 4.39 Å². The Bertz CT molecular complexity index is 2840. The van der Waals surface area contributed by atoms with Crippen LogP contribution < -0.4 is 10.9 Å². The van der Waals surface area contributed by atoms with E-state index < -0.39 is 17.8 Å². The fraction of sp³-hybridized carbons (Fsp3) is 0.576. The van der Waals surface area contributed by atoms with E-state index in [1.54, 1.807) is 29.2 Å². The minimum absolute atomic E-state index is 0.0215. The molecule has 11 rings (SSSR count). The number of aromatic nitrogens is 2. The minimum Gasteiger partial charge on any atom is -0.380 e. The average molecular weight is 1040 g/mol. The first-order valence-corrected chi connectivity index (χ1v) is 28.3. The van der Waals surface area contributed by atoms with E-state index in [0.29, 0.717) is 92.3 Å². The number of H-pyrrole nitrogens is 1. The number of nitrogens with one attached hydrogen (secondary N) is 2. The molecule has 17 heteroatoms. The van der Waals surface area contributed by atoms with Crippen LogP contribution in [0, 0.1) is 29.0 Å². The summed E-state index contributed by atoms with van der Waals surface area (Å²) in [6.07, 6.45) is 11.2. The van der Waals surface area contributed by atoms with Crippen molar-refractivity contribution in [1.82, 2.24) is 44.9 Å². The Morgan fingerprint density at radius 2 is 1.45 bits per heavy atom. The summed E-state index contributed by atoms with van der Waals surface area (Å²) < 4.78 is 20.6. The zero-order valence-electron chi connectivity index (χ0n) is 43.9. The Morgan fingerprint density at radius 1 is 0.724 bits per heavy atom. The normalized spacial score (nSPS) is 22.5. The predicted octanol–water partition coefficient (Wildman–Crippen LogP) is 5.31. The van der Waals surface area contributed by atoms with Crippen molar-refractivity contribution in [3.8, 4) is 0 Å². The highest BCUT2D eigenvalue weighted by molar-refractivity contribution is 5.98. The number of hydrogen-bond donors (Lipinski definition) is 2. The molecular formula is C59H74FN9O7. The van der Waals surface area contributed by atoms with Crippen LogP contribution in [-0.4, -0.2) is 180 Å². The van der Waals surface area contributed by atoms with Crippen molar-refractivity contribution in [2.24, 2.45) is 23.2 Å². The van der Waals surface area contributed by atoms with E-state index in [1.165, 1.54) is 6.07 Å². The number of aromatic amines is 1. The summed E-state index contributed by atoms with van der Waals surface area (Å²) in [5, 5.41) is 11.3. The fourth-order valence-electron chi connectivity index (χ4n) is 13.5. The van der Waals surface area contributed by atoms with Crippen molar-refractivity contribution in [3.05, 3.63) is 111 Å². The van der Waals surface area contributed by atoms with Gasteiger partial charge in [-0.25, -0.2) is 9.49 Å². The first kappa shape index (κ1) is 52.0. The maximum atomic E-state index is 15.1. The lowest BCUT2D eigenvalue weighted by molar-refractivity contribution is -0.189. The molecule has 2 saturated carbocycles. The third-order valence-electron chi connectivity index (χ3n) is 18.1. The second kappa shape index (κ2) is 22.9. The molecule has 0 radical (unpaired) electrons. The van der Waals surface area contributed by atoms with E-state index in [2.05, 4.69) is 36.3 Å². The van der Waals surface area contributed by atoms with Gasteiger partial charge >= 0.3 is 0 Å². The van der Waals surface area contributed by atoms with Crippen LogP contribution in [0.1, 0.15) is 114 Å². The number of rotatable bonds is 13. The van der Waals surface area contributed by atoms with Crippen molar-refractivity contribution >= 4 is 40.3 Å². The van der Waals surface area contributed by atoms with E-state index in [9.17, 15) is 28.8 Å². The van der Waals surface area contributed by atoms with E-state index in [-0.39, 0.29) is 57.9 Å². The highest BCUT2D eigenvalue weighted by atomic mass is 19.1. The first-order valence-electron chi connectivity index (χ1n) is 28.3. The van der Waals surface area contributed by atoms with Gasteiger partial charge in [-0.1, -0.05) is 55.7 Å². The molecule has 0 bridgehead atoms. The Morgan fingerprint density at radius 3 is 2.18 bits per heavy atom. The first-order chi connectivity index (χ1) is 37.0. The molecule has 5 saturated heterocycles. The van der Waals surface area contributed by atoms with Crippen molar-refractivity contribution in [3.63, 3.8) is 0 Å². The van der Waals surface area contributed by atoms with Gasteiger partial charge in [0, 0.05) is 107 Å². The number of fused-ring (bicyclic) bond motifs is 1. The number of carbonyl (C=O) groups excluding carboxylic acids is 5. The van der Waals surface area contributed by atoms with Gasteiger partial charge in [-0.05, 0) is 118 Å². The van der Waals surface area contributed by atoms with Crippen molar-refractivity contribution in [1.29, 1.82) is 0 Å². The lowest BCUT2D eigenvalue weighted by atomic mass is 9.60. The van der Waals surface area contributed by atoms with Gasteiger partial charge in [0.05, 0.1) is 36.4 Å². The van der Waals surface area contributed by atoms with Gasteiger partial charge in [-0.15, -0.1) is 0 Å². The summed E-state index contributed by atoms with van der Waals surface area (Å²) >= 11 is 0. The van der Waals surface area contributed by atoms with Gasteiger partial charge in [-0.2, -0.15) is 5.10 Å². The number of ether oxygens (including phenoxy) is 1. The molecule has 7 aliphatic rings. The van der Waals surface area contributed by atoms with Gasteiger partial charge in [0.1, 0.15) is 11.9 Å². The van der Waals surface area contributed by atoms with Gasteiger partial charge in [0.15, 0.2) is 0 Å². The quantitative estimate of drug-likeness (QED) is 0.179. The zero-order valence-corrected chi connectivity index (χ0v) is 43.9. The standard InChI is InChI=1S/C59H74FN9O7/c60-50-16-15-41(31-51-47-13-4-5-14-48(47)55(72)63-62-51)30-49(50)57(74)67-28-26-66(27-29-67)52(70)37-64-20-17-40(18-21-64)35-65-22-24-68(25-23-65)58(75)53(42-8-2-1-3-9-42)61-54(71)44-11-6-10-43(32-44)45-12-7-19-69(36-45)56(73)46-33-59(34-46)38-76-39-59/h4-6,10-11,13-16,30,32,40,42,45-46,53H,1-3,7-9,12,17-29,31,33-39H2,(H,61,71)(H,63,72)/t45?,53-/m1/s1. The molecule has 2 N–H and O–H groups in total. The second-order valence-electron chi connectivity index (χ2n) is 23.3. The van der Waals surface area contributed by atoms with Crippen LogP contribution >= 0.6 is 0 Å². The number of piperazine rings is 2. The number of hydrogen-bond acceptors (Lipinski definition) is 10. The molecule has 2 aliphatic carbocycles. The highest BCUT2D eigenvalue weighted by Crippen LogP contribution is 2.51. The second-order valence-corrected chi connectivity index (χ2v) is 23.3. The molecule has 7 fully saturated rings. The van der Waals surface area contributed by atoms with Crippen LogP contribution in [0.5, 0.6) is 0 Å². The number of likely N-dealkylation sites (tertiary alicyclic amines) is 2. The average Bonchev–Trinajstić information content (AvgIpc) is 3.48. The Balaban J connectivity index is 0.613. The van der Waals surface area contributed by atoms with Crippen LogP contribution in [0.4, 0.5) is 4.39 Å². The number of amides is 5. The Kier molecular flexibility index (Phi) is 15.7. The summed E-state index contributed by atoms with van der Waals surface area (Å²) in [6.45, 7) is 10.2. The van der Waals surface area contributed by atoms with Crippen LogP contribution in [0.15, 0.2) is 71.5 Å². The van der Waals surface area contributed by atoms with Gasteiger partial charge in [-0.3, -0.25) is 38.6 Å². The maximum Gasteiger partial charge on any atom is 0.272 e. The molecule has 6 heterocycles. The van der Waals surface area contributed by atoms with E-state index in [4.69, 9.17) is 4.74 Å². The lowest BCUT2D eigenvalue weighted by Gasteiger charge is -2.53. The number of halogens is 1. The Labute approximate surface area is 444 Å². The smallest absolute Gasteiger partial charge is 0.272 e.